The molecule has 2 aromatic carbocycles. The molecule has 0 spiro atoms. The lowest BCUT2D eigenvalue weighted by Gasteiger charge is -2.08. The molecular weight excluding hydrogens is 356 g/mol. The first kappa shape index (κ1) is 17.3. The highest BCUT2D eigenvalue weighted by atomic mass is 16.3. The molecule has 138 valence electrons. The van der Waals surface area contributed by atoms with Gasteiger partial charge in [-0.3, -0.25) is 9.59 Å². The predicted octanol–water partition coefficient (Wildman–Crippen LogP) is 3.97. The van der Waals surface area contributed by atoms with Crippen molar-refractivity contribution in [3.05, 3.63) is 96.7 Å². The molecule has 0 aliphatic rings. The van der Waals surface area contributed by atoms with E-state index in [2.05, 4.69) is 15.7 Å². The van der Waals surface area contributed by atoms with Gasteiger partial charge in [0.05, 0.1) is 12.0 Å². The number of benzene rings is 2. The van der Waals surface area contributed by atoms with Crippen molar-refractivity contribution in [3.8, 4) is 5.69 Å². The molecule has 2 amide bonds. The molecule has 7 nitrogen and oxygen atoms in total. The van der Waals surface area contributed by atoms with Crippen LogP contribution in [0.4, 0.5) is 11.4 Å². The Morgan fingerprint density at radius 2 is 1.50 bits per heavy atom. The van der Waals surface area contributed by atoms with Crippen LogP contribution in [-0.4, -0.2) is 21.6 Å². The first-order valence-electron chi connectivity index (χ1n) is 8.55. The Morgan fingerprint density at radius 1 is 0.821 bits per heavy atom. The molecule has 7 heteroatoms. The fraction of sp³-hybridized carbons (Fsp3) is 0. The van der Waals surface area contributed by atoms with Crippen LogP contribution in [0.3, 0.4) is 0 Å². The number of rotatable bonds is 5. The Morgan fingerprint density at radius 3 is 2.07 bits per heavy atom. The number of amides is 2. The van der Waals surface area contributed by atoms with Gasteiger partial charge in [0.25, 0.3) is 11.8 Å². The van der Waals surface area contributed by atoms with E-state index in [1.165, 1.54) is 6.26 Å². The van der Waals surface area contributed by atoms with Gasteiger partial charge in [-0.25, -0.2) is 4.68 Å². The number of hydrogen-bond donors (Lipinski definition) is 2. The standard InChI is InChI=1S/C21H16N4O3/c26-20(15-4-10-18(11-5-15)25-13-2-12-22-25)23-16-6-8-17(9-7-16)24-21(27)19-3-1-14-28-19/h1-14H,(H,23,26)(H,24,27). The summed E-state index contributed by atoms with van der Waals surface area (Å²) in [6.45, 7) is 0. The SMILES string of the molecule is O=C(Nc1ccc(NC(=O)c2ccco2)cc1)c1ccc(-n2cccn2)cc1. The van der Waals surface area contributed by atoms with Crippen molar-refractivity contribution in [2.75, 3.05) is 10.6 Å². The lowest BCUT2D eigenvalue weighted by Crippen LogP contribution is -2.13. The molecule has 0 saturated carbocycles. The molecule has 2 aromatic heterocycles. The van der Waals surface area contributed by atoms with E-state index in [0.29, 0.717) is 16.9 Å². The fourth-order valence-corrected chi connectivity index (χ4v) is 2.63. The van der Waals surface area contributed by atoms with Crippen LogP contribution in [0, 0.1) is 0 Å². The van der Waals surface area contributed by atoms with Gasteiger partial charge in [0.2, 0.25) is 0 Å². The fourth-order valence-electron chi connectivity index (χ4n) is 2.63. The summed E-state index contributed by atoms with van der Waals surface area (Å²) in [4.78, 5) is 24.4. The van der Waals surface area contributed by atoms with E-state index in [-0.39, 0.29) is 17.6 Å². The average molecular weight is 372 g/mol. The molecule has 4 aromatic rings. The highest BCUT2D eigenvalue weighted by molar-refractivity contribution is 6.05. The summed E-state index contributed by atoms with van der Waals surface area (Å²) >= 11 is 0. The van der Waals surface area contributed by atoms with E-state index < -0.39 is 0 Å². The highest BCUT2D eigenvalue weighted by Crippen LogP contribution is 2.16. The lowest BCUT2D eigenvalue weighted by molar-refractivity contribution is 0.0994. The largest absolute Gasteiger partial charge is 0.459 e. The number of aromatic nitrogens is 2. The first-order valence-corrected chi connectivity index (χ1v) is 8.55. The van der Waals surface area contributed by atoms with Gasteiger partial charge >= 0.3 is 0 Å². The van der Waals surface area contributed by atoms with Gasteiger partial charge in [-0.05, 0) is 66.7 Å². The third-order valence-electron chi connectivity index (χ3n) is 4.04. The Hall–Kier alpha value is -4.13. The van der Waals surface area contributed by atoms with Crippen LogP contribution < -0.4 is 10.6 Å². The molecule has 4 rings (SSSR count). The minimum absolute atomic E-state index is 0.223. The van der Waals surface area contributed by atoms with Crippen molar-refractivity contribution >= 4 is 23.2 Å². The number of furan rings is 1. The Balaban J connectivity index is 1.38. The van der Waals surface area contributed by atoms with E-state index in [1.54, 1.807) is 59.4 Å². The Labute approximate surface area is 160 Å². The Kier molecular flexibility index (Phi) is 4.71. The van der Waals surface area contributed by atoms with Gasteiger partial charge in [-0.15, -0.1) is 0 Å². The second-order valence-electron chi connectivity index (χ2n) is 5.96. The van der Waals surface area contributed by atoms with Crippen LogP contribution in [-0.2, 0) is 0 Å². The summed E-state index contributed by atoms with van der Waals surface area (Å²) in [6.07, 6.45) is 4.97. The summed E-state index contributed by atoms with van der Waals surface area (Å²) in [5, 5.41) is 9.70. The third kappa shape index (κ3) is 3.83. The van der Waals surface area contributed by atoms with Crippen molar-refractivity contribution in [2.24, 2.45) is 0 Å². The number of nitrogens with zero attached hydrogens (tertiary/aromatic N) is 2. The van der Waals surface area contributed by atoms with Crippen LogP contribution in [0.1, 0.15) is 20.9 Å². The summed E-state index contributed by atoms with van der Waals surface area (Å²) in [5.41, 5.74) is 2.63. The zero-order valence-electron chi connectivity index (χ0n) is 14.7. The molecule has 0 aliphatic heterocycles. The van der Waals surface area contributed by atoms with E-state index in [4.69, 9.17) is 4.42 Å². The van der Waals surface area contributed by atoms with Gasteiger partial charge in [-0.2, -0.15) is 5.10 Å². The molecular formula is C21H16N4O3. The van der Waals surface area contributed by atoms with E-state index >= 15 is 0 Å². The maximum Gasteiger partial charge on any atom is 0.291 e. The summed E-state index contributed by atoms with van der Waals surface area (Å²) in [6, 6.07) is 19.0. The smallest absolute Gasteiger partial charge is 0.291 e. The van der Waals surface area contributed by atoms with Gasteiger partial charge in [-0.1, -0.05) is 0 Å². The van der Waals surface area contributed by atoms with Crippen LogP contribution in [0.5, 0.6) is 0 Å². The highest BCUT2D eigenvalue weighted by Gasteiger charge is 2.10. The second-order valence-corrected chi connectivity index (χ2v) is 5.96. The van der Waals surface area contributed by atoms with Crippen LogP contribution in [0.2, 0.25) is 0 Å². The molecule has 28 heavy (non-hydrogen) atoms. The monoisotopic (exact) mass is 372 g/mol. The van der Waals surface area contributed by atoms with Crippen LogP contribution in [0.15, 0.2) is 89.8 Å². The van der Waals surface area contributed by atoms with Gasteiger partial charge in [0.15, 0.2) is 5.76 Å². The minimum atomic E-state index is -0.334. The van der Waals surface area contributed by atoms with Crippen LogP contribution >= 0.6 is 0 Å². The third-order valence-corrected chi connectivity index (χ3v) is 4.04. The molecule has 0 radical (unpaired) electrons. The van der Waals surface area contributed by atoms with Crippen molar-refractivity contribution in [1.29, 1.82) is 0 Å². The number of hydrogen-bond acceptors (Lipinski definition) is 4. The molecule has 0 atom stereocenters. The van der Waals surface area contributed by atoms with Crippen molar-refractivity contribution in [2.45, 2.75) is 0 Å². The Bertz CT molecular complexity index is 1070. The molecule has 0 aliphatic carbocycles. The summed E-state index contributed by atoms with van der Waals surface area (Å²) in [7, 11) is 0. The molecule has 0 unspecified atom stereocenters. The molecule has 2 heterocycles. The quantitative estimate of drug-likeness (QED) is 0.555. The molecule has 0 bridgehead atoms. The molecule has 2 N–H and O–H groups in total. The van der Waals surface area contributed by atoms with Crippen molar-refractivity contribution < 1.29 is 14.0 Å². The van der Waals surface area contributed by atoms with Crippen LogP contribution in [0.25, 0.3) is 5.69 Å². The molecule has 0 saturated heterocycles. The number of carbonyl (C=O) groups is 2. The maximum absolute atomic E-state index is 12.4. The summed E-state index contributed by atoms with van der Waals surface area (Å²) < 4.78 is 6.77. The van der Waals surface area contributed by atoms with E-state index in [0.717, 1.165) is 5.69 Å². The number of carbonyl (C=O) groups excluding carboxylic acids is 2. The minimum Gasteiger partial charge on any atom is -0.459 e. The van der Waals surface area contributed by atoms with Gasteiger partial charge < -0.3 is 15.1 Å². The first-order chi connectivity index (χ1) is 13.7. The average Bonchev–Trinajstić information content (AvgIpc) is 3.44. The van der Waals surface area contributed by atoms with Gasteiger partial charge in [0, 0.05) is 29.3 Å². The van der Waals surface area contributed by atoms with E-state index in [9.17, 15) is 9.59 Å². The zero-order chi connectivity index (χ0) is 19.3. The van der Waals surface area contributed by atoms with E-state index in [1.807, 2.05) is 24.4 Å². The summed E-state index contributed by atoms with van der Waals surface area (Å²) in [5.74, 6) is -0.325. The van der Waals surface area contributed by atoms with Crippen molar-refractivity contribution in [3.63, 3.8) is 0 Å². The second kappa shape index (κ2) is 7.63. The lowest BCUT2D eigenvalue weighted by atomic mass is 10.2. The number of nitrogens with one attached hydrogen (secondary N) is 2. The normalized spacial score (nSPS) is 10.4. The number of anilines is 2. The zero-order valence-corrected chi connectivity index (χ0v) is 14.7. The van der Waals surface area contributed by atoms with Crippen molar-refractivity contribution in [1.82, 2.24) is 9.78 Å². The predicted molar refractivity (Wildman–Crippen MR) is 105 cm³/mol. The topological polar surface area (TPSA) is 89.2 Å². The molecule has 0 fully saturated rings. The van der Waals surface area contributed by atoms with Gasteiger partial charge in [0.1, 0.15) is 0 Å². The maximum atomic E-state index is 12.4.